The Labute approximate surface area is 209 Å². The average Bonchev–Trinajstić information content (AvgIpc) is 2.87. The van der Waals surface area contributed by atoms with Crippen LogP contribution in [-0.4, -0.2) is 52.0 Å². The highest BCUT2D eigenvalue weighted by Crippen LogP contribution is 2.47. The van der Waals surface area contributed by atoms with Gasteiger partial charge in [0.2, 0.25) is 0 Å². The molecule has 0 bridgehead atoms. The number of esters is 1. The van der Waals surface area contributed by atoms with Crippen molar-refractivity contribution in [3.63, 3.8) is 0 Å². The predicted molar refractivity (Wildman–Crippen MR) is 132 cm³/mol. The molecule has 2 aromatic carbocycles. The molecule has 0 spiro atoms. The monoisotopic (exact) mass is 495 g/mol. The molecule has 0 saturated heterocycles. The van der Waals surface area contributed by atoms with Gasteiger partial charge in [-0.05, 0) is 54.7 Å². The van der Waals surface area contributed by atoms with Gasteiger partial charge in [0.15, 0.2) is 17.3 Å². The van der Waals surface area contributed by atoms with Crippen LogP contribution in [0.3, 0.4) is 0 Å². The first-order chi connectivity index (χ1) is 17.4. The lowest BCUT2D eigenvalue weighted by Crippen LogP contribution is -2.38. The van der Waals surface area contributed by atoms with Crippen LogP contribution in [0.2, 0.25) is 0 Å². The third-order valence-corrected chi connectivity index (χ3v) is 6.78. The van der Waals surface area contributed by atoms with Crippen molar-refractivity contribution in [2.24, 2.45) is 10.9 Å². The Kier molecular flexibility index (Phi) is 7.84. The quantitative estimate of drug-likeness (QED) is 0.393. The summed E-state index contributed by atoms with van der Waals surface area (Å²) in [4.78, 5) is 31.5. The van der Waals surface area contributed by atoms with Gasteiger partial charge in [-0.2, -0.15) is 0 Å². The number of aliphatic imine (C=N–C) groups is 1. The van der Waals surface area contributed by atoms with Crippen LogP contribution in [0, 0.1) is 11.7 Å². The van der Waals surface area contributed by atoms with Crippen LogP contribution < -0.4 is 9.47 Å². The first kappa shape index (κ1) is 25.6. The molecule has 0 fully saturated rings. The van der Waals surface area contributed by atoms with Crippen LogP contribution in [0.25, 0.3) is 0 Å². The van der Waals surface area contributed by atoms with Crippen LogP contribution in [0.5, 0.6) is 11.5 Å². The van der Waals surface area contributed by atoms with Gasteiger partial charge in [0.05, 0.1) is 20.8 Å². The van der Waals surface area contributed by atoms with E-state index in [0.717, 1.165) is 5.56 Å². The predicted octanol–water partition coefficient (Wildman–Crippen LogP) is 4.61. The summed E-state index contributed by atoms with van der Waals surface area (Å²) in [5, 5.41) is 0. The van der Waals surface area contributed by atoms with Crippen LogP contribution in [0.1, 0.15) is 42.7 Å². The highest BCUT2D eigenvalue weighted by molar-refractivity contribution is 6.09. The van der Waals surface area contributed by atoms with Gasteiger partial charge < -0.3 is 18.9 Å². The van der Waals surface area contributed by atoms with Crippen molar-refractivity contribution in [3.8, 4) is 11.5 Å². The fourth-order valence-corrected chi connectivity index (χ4v) is 5.05. The van der Waals surface area contributed by atoms with Crippen LogP contribution >= 0.6 is 0 Å². The van der Waals surface area contributed by atoms with Gasteiger partial charge in [0.25, 0.3) is 0 Å². The van der Waals surface area contributed by atoms with Crippen LogP contribution in [-0.2, 0) is 19.1 Å². The Morgan fingerprint density at radius 1 is 0.972 bits per heavy atom. The first-order valence-electron chi connectivity index (χ1n) is 11.8. The Morgan fingerprint density at radius 3 is 2.33 bits per heavy atom. The molecule has 0 saturated carbocycles. The number of Topliss-reactive ketones (excluding diaryl/α,β-unsaturated/α-hetero) is 1. The Balaban J connectivity index is 1.73. The number of nitrogens with zero attached hydrogens (tertiary/aromatic N) is 1. The normalized spacial score (nSPS) is 21.5. The summed E-state index contributed by atoms with van der Waals surface area (Å²) in [5.41, 5.74) is 3.33. The Bertz CT molecular complexity index is 1200. The zero-order chi connectivity index (χ0) is 25.8. The van der Waals surface area contributed by atoms with Crippen LogP contribution in [0.4, 0.5) is 4.39 Å². The molecule has 8 heteroatoms. The maximum Gasteiger partial charge on any atom is 0.315 e. The maximum atomic E-state index is 13.7. The van der Waals surface area contributed by atoms with E-state index in [1.54, 1.807) is 33.3 Å². The number of ether oxygens (including phenoxy) is 4. The van der Waals surface area contributed by atoms with Gasteiger partial charge in [0.1, 0.15) is 18.3 Å². The zero-order valence-electron chi connectivity index (χ0n) is 20.9. The van der Waals surface area contributed by atoms with E-state index in [1.165, 1.54) is 19.2 Å². The largest absolute Gasteiger partial charge is 0.493 e. The van der Waals surface area contributed by atoms with E-state index < -0.39 is 23.6 Å². The lowest BCUT2D eigenvalue weighted by atomic mass is 9.69. The van der Waals surface area contributed by atoms with Crippen LogP contribution in [0.15, 0.2) is 58.7 Å². The number of allylic oxidation sites excluding steroid dienone is 2. The highest BCUT2D eigenvalue weighted by Gasteiger charge is 2.44. The summed E-state index contributed by atoms with van der Waals surface area (Å²) in [5.74, 6) is -1.25. The molecule has 190 valence electrons. The lowest BCUT2D eigenvalue weighted by Gasteiger charge is -2.36. The van der Waals surface area contributed by atoms with Crippen molar-refractivity contribution in [2.45, 2.75) is 31.6 Å². The van der Waals surface area contributed by atoms with E-state index >= 15 is 0 Å². The van der Waals surface area contributed by atoms with Gasteiger partial charge in [0, 0.05) is 36.4 Å². The second-order valence-electron chi connectivity index (χ2n) is 8.92. The minimum atomic E-state index is -0.785. The summed E-state index contributed by atoms with van der Waals surface area (Å²) in [6, 6.07) is 11.5. The molecule has 0 N–H and O–H groups in total. The third kappa shape index (κ3) is 5.04. The summed E-state index contributed by atoms with van der Waals surface area (Å²) >= 11 is 0. The topological polar surface area (TPSA) is 83.4 Å². The SMILES string of the molecule is COCCOC(=O)C1C(C)=NC2=C(C(=O)CC(c3ccc(OC)c(OC)c3)C2)C1c1ccc(F)cc1. The molecular formula is C28H30FNO6. The molecule has 1 aliphatic heterocycles. The molecule has 0 radical (unpaired) electrons. The molecule has 1 aliphatic carbocycles. The summed E-state index contributed by atoms with van der Waals surface area (Å²) in [7, 11) is 4.67. The fourth-order valence-electron chi connectivity index (χ4n) is 5.05. The number of carbonyl (C=O) groups is 2. The van der Waals surface area contributed by atoms with Gasteiger partial charge in [-0.15, -0.1) is 0 Å². The number of halogens is 1. The number of hydrogen-bond donors (Lipinski definition) is 0. The first-order valence-corrected chi connectivity index (χ1v) is 11.8. The van der Waals surface area contributed by atoms with E-state index in [1.807, 2.05) is 18.2 Å². The van der Waals surface area contributed by atoms with E-state index in [2.05, 4.69) is 0 Å². The molecule has 3 unspecified atom stereocenters. The van der Waals surface area contributed by atoms with Crippen molar-refractivity contribution in [1.29, 1.82) is 0 Å². The maximum absolute atomic E-state index is 13.7. The molecule has 36 heavy (non-hydrogen) atoms. The number of carbonyl (C=O) groups excluding carboxylic acids is 2. The van der Waals surface area contributed by atoms with Gasteiger partial charge in [-0.3, -0.25) is 14.6 Å². The second kappa shape index (κ2) is 11.0. The van der Waals surface area contributed by atoms with E-state index in [0.29, 0.717) is 40.5 Å². The summed E-state index contributed by atoms with van der Waals surface area (Å²) < 4.78 is 34.9. The number of ketones is 1. The van der Waals surface area contributed by atoms with Crippen molar-refractivity contribution in [3.05, 3.63) is 70.7 Å². The summed E-state index contributed by atoms with van der Waals surface area (Å²) in [6.07, 6.45) is 0.781. The molecule has 2 aliphatic rings. The Hall–Kier alpha value is -3.52. The third-order valence-electron chi connectivity index (χ3n) is 6.78. The smallest absolute Gasteiger partial charge is 0.315 e. The zero-order valence-corrected chi connectivity index (χ0v) is 20.9. The molecule has 4 rings (SSSR count). The number of hydrogen-bond acceptors (Lipinski definition) is 7. The molecule has 3 atom stereocenters. The van der Waals surface area contributed by atoms with E-state index in [4.69, 9.17) is 23.9 Å². The standard InChI is InChI=1S/C28H30FNO6/c1-16-25(28(32)36-12-11-33-2)26(17-5-8-20(29)9-6-17)27-21(30-16)13-19(14-22(27)31)18-7-10-23(34-3)24(15-18)35-4/h5-10,15,19,25-26H,11-14H2,1-4H3. The van der Waals surface area contributed by atoms with Crippen molar-refractivity contribution in [2.75, 3.05) is 34.5 Å². The molecule has 0 amide bonds. The molecule has 1 heterocycles. The average molecular weight is 496 g/mol. The molecule has 0 aromatic heterocycles. The highest BCUT2D eigenvalue weighted by atomic mass is 19.1. The molecular weight excluding hydrogens is 465 g/mol. The van der Waals surface area contributed by atoms with E-state index in [9.17, 15) is 14.0 Å². The minimum Gasteiger partial charge on any atom is -0.493 e. The van der Waals surface area contributed by atoms with Crippen molar-refractivity contribution < 1.29 is 32.9 Å². The van der Waals surface area contributed by atoms with E-state index in [-0.39, 0.29) is 31.3 Å². The van der Waals surface area contributed by atoms with Gasteiger partial charge in [-0.1, -0.05) is 18.2 Å². The number of benzene rings is 2. The molecule has 7 nitrogen and oxygen atoms in total. The van der Waals surface area contributed by atoms with Gasteiger partial charge in [-0.25, -0.2) is 4.39 Å². The van der Waals surface area contributed by atoms with Gasteiger partial charge >= 0.3 is 5.97 Å². The van der Waals surface area contributed by atoms with Crippen molar-refractivity contribution >= 4 is 17.5 Å². The van der Waals surface area contributed by atoms with Crippen molar-refractivity contribution in [1.82, 2.24) is 0 Å². The lowest BCUT2D eigenvalue weighted by molar-refractivity contribution is -0.147. The number of rotatable bonds is 8. The fraction of sp³-hybridized carbons (Fsp3) is 0.393. The summed E-state index contributed by atoms with van der Waals surface area (Å²) in [6.45, 7) is 2.12. The molecule has 2 aromatic rings. The minimum absolute atomic E-state index is 0.0868. The second-order valence-corrected chi connectivity index (χ2v) is 8.92. The Morgan fingerprint density at radius 2 is 1.67 bits per heavy atom. The number of methoxy groups -OCH3 is 3.